The van der Waals surface area contributed by atoms with Crippen LogP contribution in [0.15, 0.2) is 83.4 Å². The molecule has 0 unspecified atom stereocenters. The smallest absolute Gasteiger partial charge is 0.341 e. The van der Waals surface area contributed by atoms with Crippen LogP contribution in [0, 0.1) is 23.0 Å². The topological polar surface area (TPSA) is 112 Å². The quantitative estimate of drug-likeness (QED) is 0.196. The fourth-order valence-electron chi connectivity index (χ4n) is 6.00. The van der Waals surface area contributed by atoms with Gasteiger partial charge in [0.25, 0.3) is 5.91 Å². The fraction of sp³-hybridized carbons (Fsp3) is 0.200. The van der Waals surface area contributed by atoms with Crippen molar-refractivity contribution in [2.45, 2.75) is 20.0 Å². The van der Waals surface area contributed by atoms with Gasteiger partial charge in [0.15, 0.2) is 0 Å². The van der Waals surface area contributed by atoms with Crippen LogP contribution in [0.2, 0.25) is 0 Å². The van der Waals surface area contributed by atoms with Crippen LogP contribution in [0.25, 0.3) is 27.9 Å². The molecule has 3 heterocycles. The highest BCUT2D eigenvalue weighted by molar-refractivity contribution is 6.04. The fourth-order valence-corrected chi connectivity index (χ4v) is 6.00. The van der Waals surface area contributed by atoms with E-state index >= 15 is 4.39 Å². The lowest BCUT2D eigenvalue weighted by Gasteiger charge is -2.36. The molecule has 1 saturated heterocycles. The third-order valence-corrected chi connectivity index (χ3v) is 8.40. The first kappa shape index (κ1) is 30.3. The molecule has 11 heteroatoms. The second kappa shape index (κ2) is 12.3. The molecule has 0 radical (unpaired) electrons. The summed E-state index contributed by atoms with van der Waals surface area (Å²) in [6, 6.07) is 18.7. The van der Waals surface area contributed by atoms with E-state index < -0.39 is 28.7 Å². The van der Waals surface area contributed by atoms with E-state index in [0.29, 0.717) is 23.2 Å². The molecular weight excluding hydrogens is 592 g/mol. The van der Waals surface area contributed by atoms with Gasteiger partial charge in [-0.15, -0.1) is 0 Å². The van der Waals surface area contributed by atoms with E-state index in [0.717, 1.165) is 17.0 Å². The Morgan fingerprint density at radius 3 is 2.33 bits per heavy atom. The van der Waals surface area contributed by atoms with Crippen molar-refractivity contribution in [1.29, 1.82) is 5.26 Å². The molecule has 232 valence electrons. The van der Waals surface area contributed by atoms with Gasteiger partial charge in [-0.1, -0.05) is 36.4 Å². The van der Waals surface area contributed by atoms with Crippen LogP contribution in [0.3, 0.4) is 0 Å². The molecule has 0 aliphatic carbocycles. The number of rotatable bonds is 7. The van der Waals surface area contributed by atoms with Crippen molar-refractivity contribution in [2.75, 3.05) is 31.1 Å². The number of nitriles is 1. The van der Waals surface area contributed by atoms with Gasteiger partial charge in [-0.05, 0) is 37.3 Å². The molecule has 0 atom stereocenters. The highest BCUT2D eigenvalue weighted by Gasteiger charge is 2.26. The van der Waals surface area contributed by atoms with Gasteiger partial charge in [0.2, 0.25) is 5.43 Å². The number of para-hydroxylation sites is 1. The Morgan fingerprint density at radius 1 is 0.913 bits per heavy atom. The second-order valence-corrected chi connectivity index (χ2v) is 11.1. The Hall–Kier alpha value is -5.76. The number of hydrogen-bond donors (Lipinski definition) is 1. The largest absolute Gasteiger partial charge is 0.477 e. The highest BCUT2D eigenvalue weighted by atomic mass is 19.1. The van der Waals surface area contributed by atoms with Crippen LogP contribution in [0.4, 0.5) is 14.5 Å². The summed E-state index contributed by atoms with van der Waals surface area (Å²) in [6.07, 6.45) is 4.61. The molecule has 0 saturated carbocycles. The summed E-state index contributed by atoms with van der Waals surface area (Å²) in [6.45, 7) is 3.45. The molecule has 0 bridgehead atoms. The Balaban J connectivity index is 1.23. The third-order valence-electron chi connectivity index (χ3n) is 8.40. The molecule has 5 aromatic rings. The number of aromatic nitrogens is 2. The van der Waals surface area contributed by atoms with Gasteiger partial charge in [-0.2, -0.15) is 5.26 Å². The normalized spacial score (nSPS) is 13.7. The summed E-state index contributed by atoms with van der Waals surface area (Å²) in [4.78, 5) is 41.1. The van der Waals surface area contributed by atoms with E-state index in [1.54, 1.807) is 51.8 Å². The number of fused-ring (bicyclic) bond motifs is 2. The predicted octanol–water partition coefficient (Wildman–Crippen LogP) is 5.26. The molecule has 0 spiro atoms. The molecule has 46 heavy (non-hydrogen) atoms. The van der Waals surface area contributed by atoms with Crippen molar-refractivity contribution in [1.82, 2.24) is 14.0 Å². The van der Waals surface area contributed by atoms with Crippen LogP contribution >= 0.6 is 0 Å². The molecule has 1 aliphatic heterocycles. The van der Waals surface area contributed by atoms with Gasteiger partial charge in [-0.3, -0.25) is 9.59 Å². The Labute approximate surface area is 262 Å². The minimum Gasteiger partial charge on any atom is -0.477 e. The maximum absolute atomic E-state index is 15.3. The van der Waals surface area contributed by atoms with Crippen molar-refractivity contribution in [2.24, 2.45) is 0 Å². The van der Waals surface area contributed by atoms with Crippen molar-refractivity contribution >= 4 is 45.4 Å². The number of pyridine rings is 1. The average Bonchev–Trinajstić information content (AvgIpc) is 3.41. The number of carbonyl (C=O) groups excluding carboxylic acids is 1. The summed E-state index contributed by atoms with van der Waals surface area (Å²) in [5, 5.41) is 20.2. The number of amides is 1. The van der Waals surface area contributed by atoms with Crippen molar-refractivity contribution in [3.8, 4) is 6.07 Å². The molecular formula is C35H29F2N5O4. The highest BCUT2D eigenvalue weighted by Crippen LogP contribution is 2.28. The zero-order chi connectivity index (χ0) is 32.5. The number of piperazine rings is 1. The van der Waals surface area contributed by atoms with E-state index in [1.807, 2.05) is 34.9 Å². The Morgan fingerprint density at radius 2 is 1.63 bits per heavy atom. The molecule has 1 amide bonds. The van der Waals surface area contributed by atoms with Crippen LogP contribution in [0.1, 0.15) is 28.4 Å². The average molecular weight is 622 g/mol. The number of aryl methyl sites for hydroxylation is 1. The van der Waals surface area contributed by atoms with Crippen LogP contribution in [0.5, 0.6) is 0 Å². The third kappa shape index (κ3) is 5.49. The van der Waals surface area contributed by atoms with Crippen LogP contribution in [-0.2, 0) is 17.9 Å². The summed E-state index contributed by atoms with van der Waals surface area (Å²) >= 11 is 0. The summed E-state index contributed by atoms with van der Waals surface area (Å²) < 4.78 is 33.2. The number of carboxylic acids is 1. The maximum Gasteiger partial charge on any atom is 0.341 e. The summed E-state index contributed by atoms with van der Waals surface area (Å²) in [5.74, 6) is -2.81. The molecule has 9 nitrogen and oxygen atoms in total. The molecule has 3 aromatic carbocycles. The van der Waals surface area contributed by atoms with E-state index in [4.69, 9.17) is 0 Å². The zero-order valence-electron chi connectivity index (χ0n) is 24.9. The van der Waals surface area contributed by atoms with E-state index in [9.17, 15) is 29.1 Å². The molecule has 1 fully saturated rings. The van der Waals surface area contributed by atoms with Crippen LogP contribution in [-0.4, -0.2) is 57.2 Å². The van der Waals surface area contributed by atoms with Gasteiger partial charge >= 0.3 is 5.97 Å². The molecule has 1 N–H and O–H groups in total. The van der Waals surface area contributed by atoms with Crippen molar-refractivity contribution in [3.05, 3.63) is 117 Å². The second-order valence-electron chi connectivity index (χ2n) is 11.1. The van der Waals surface area contributed by atoms with Crippen molar-refractivity contribution < 1.29 is 23.5 Å². The summed E-state index contributed by atoms with van der Waals surface area (Å²) in [7, 11) is 0. The molecule has 2 aromatic heterocycles. The Kier molecular flexibility index (Phi) is 8.11. The van der Waals surface area contributed by atoms with E-state index in [1.165, 1.54) is 18.3 Å². The lowest BCUT2D eigenvalue weighted by molar-refractivity contribution is -0.126. The van der Waals surface area contributed by atoms with Crippen LogP contribution < -0.4 is 10.3 Å². The number of anilines is 1. The van der Waals surface area contributed by atoms with Gasteiger partial charge in [0.1, 0.15) is 28.8 Å². The number of benzene rings is 3. The molecule has 6 rings (SSSR count). The minimum absolute atomic E-state index is 0.0177. The number of nitrogens with zero attached hydrogens (tertiary/aromatic N) is 5. The van der Waals surface area contributed by atoms with Gasteiger partial charge in [-0.25, -0.2) is 13.6 Å². The first-order valence-corrected chi connectivity index (χ1v) is 14.8. The van der Waals surface area contributed by atoms with E-state index in [2.05, 4.69) is 0 Å². The number of hydrogen-bond acceptors (Lipinski definition) is 5. The monoisotopic (exact) mass is 621 g/mol. The maximum atomic E-state index is 15.3. The van der Waals surface area contributed by atoms with Gasteiger partial charge in [0, 0.05) is 72.5 Å². The minimum atomic E-state index is -1.38. The Bertz CT molecular complexity index is 2150. The predicted molar refractivity (Wildman–Crippen MR) is 171 cm³/mol. The number of carbonyl (C=O) groups is 2. The number of aromatic carboxylic acids is 1. The first-order chi connectivity index (χ1) is 22.2. The van der Waals surface area contributed by atoms with Gasteiger partial charge < -0.3 is 24.0 Å². The lowest BCUT2D eigenvalue weighted by atomic mass is 10.1. The van der Waals surface area contributed by atoms with Gasteiger partial charge in [0.05, 0.1) is 17.7 Å². The summed E-state index contributed by atoms with van der Waals surface area (Å²) in [5.41, 5.74) is 1.42. The SMILES string of the molecule is CCn1cc(C(=O)O)c(=O)c2cc(F)c(N3CCN(C(=O)/C(C#N)=C/c4cn(Cc5ccccc5F)c5ccccc45)CC3)cc21. The lowest BCUT2D eigenvalue weighted by Crippen LogP contribution is -2.49. The standard InChI is InChI=1S/C35H29F2N5O4/c1-2-39-21-27(35(45)46)33(43)26-16-29(37)32(17-31(26)39)40-11-13-41(14-12-40)34(44)23(18-38)15-24-20-42(30-10-6-4-8-25(24)30)19-22-7-3-5-9-28(22)36/h3-10,15-17,20-21H,2,11-14,19H2,1H3,(H,45,46)/b23-15+. The molecule has 1 aliphatic rings. The number of halogens is 2. The first-order valence-electron chi connectivity index (χ1n) is 14.8. The van der Waals surface area contributed by atoms with E-state index in [-0.39, 0.29) is 55.2 Å². The van der Waals surface area contributed by atoms with Crippen molar-refractivity contribution in [3.63, 3.8) is 0 Å². The number of carboxylic acid groups (broad SMARTS) is 1. The zero-order valence-corrected chi connectivity index (χ0v) is 24.9.